The maximum atomic E-state index is 12.2. The molecule has 7 nitrogen and oxygen atoms in total. The van der Waals surface area contributed by atoms with Gasteiger partial charge in [0, 0.05) is 5.54 Å². The lowest BCUT2D eigenvalue weighted by Crippen LogP contribution is -2.52. The minimum Gasteiger partial charge on any atom is -0.322 e. The molecule has 2 N–H and O–H groups in total. The molecule has 4 amide bonds. The summed E-state index contributed by atoms with van der Waals surface area (Å²) in [6, 6.07) is -0.571. The minimum absolute atomic E-state index is 0.0213. The maximum Gasteiger partial charge on any atom is 0.344 e. The van der Waals surface area contributed by atoms with Crippen molar-refractivity contribution in [2.45, 2.75) is 58.0 Å². The van der Waals surface area contributed by atoms with Crippen LogP contribution in [0.3, 0.4) is 0 Å². The third kappa shape index (κ3) is 2.88. The molecule has 2 heterocycles. The first-order chi connectivity index (χ1) is 9.69. The third-order valence-electron chi connectivity index (χ3n) is 4.61. The molecule has 2 aliphatic rings. The monoisotopic (exact) mass is 296 g/mol. The normalized spacial score (nSPS) is 28.9. The smallest absolute Gasteiger partial charge is 0.322 e. The number of amides is 4. The summed E-state index contributed by atoms with van der Waals surface area (Å²) in [7, 11) is 0. The topological polar surface area (TPSA) is 81.8 Å². The Kier molecular flexibility index (Phi) is 3.97. The lowest BCUT2D eigenvalue weighted by molar-refractivity contribution is -0.139. The number of hydrogen-bond donors (Lipinski definition) is 2. The molecule has 0 aromatic heterocycles. The van der Waals surface area contributed by atoms with Crippen LogP contribution in [0.2, 0.25) is 0 Å². The molecule has 2 aliphatic heterocycles. The van der Waals surface area contributed by atoms with Crippen molar-refractivity contribution in [1.82, 2.24) is 20.7 Å². The highest BCUT2D eigenvalue weighted by Gasteiger charge is 2.47. The van der Waals surface area contributed by atoms with Crippen LogP contribution in [0, 0.1) is 0 Å². The van der Waals surface area contributed by atoms with Crippen LogP contribution < -0.4 is 10.7 Å². The average molecular weight is 296 g/mol. The van der Waals surface area contributed by atoms with Gasteiger partial charge in [-0.3, -0.25) is 19.9 Å². The van der Waals surface area contributed by atoms with Crippen molar-refractivity contribution in [3.05, 3.63) is 0 Å². The fourth-order valence-electron chi connectivity index (χ4n) is 2.82. The molecular weight excluding hydrogens is 272 g/mol. The van der Waals surface area contributed by atoms with Gasteiger partial charge in [0.25, 0.3) is 11.8 Å². The van der Waals surface area contributed by atoms with Crippen molar-refractivity contribution >= 4 is 17.8 Å². The van der Waals surface area contributed by atoms with Crippen LogP contribution >= 0.6 is 0 Å². The van der Waals surface area contributed by atoms with E-state index in [2.05, 4.69) is 29.5 Å². The largest absolute Gasteiger partial charge is 0.344 e. The number of hydrazine groups is 1. The number of carbonyl (C=O) groups is 3. The van der Waals surface area contributed by atoms with E-state index in [9.17, 15) is 14.4 Å². The Hall–Kier alpha value is -1.63. The first kappa shape index (κ1) is 15.8. The molecule has 7 heteroatoms. The number of urea groups is 1. The van der Waals surface area contributed by atoms with Crippen LogP contribution in [0.25, 0.3) is 0 Å². The van der Waals surface area contributed by atoms with Gasteiger partial charge in [-0.05, 0) is 46.6 Å². The number of nitrogens with zero attached hydrogens (tertiary/aromatic N) is 2. The van der Waals surface area contributed by atoms with E-state index in [0.717, 1.165) is 24.4 Å². The first-order valence-electron chi connectivity index (χ1n) is 7.41. The number of carbonyl (C=O) groups excluding carboxylic acids is 3. The minimum atomic E-state index is -0.933. The zero-order valence-corrected chi connectivity index (χ0v) is 13.2. The average Bonchev–Trinajstić information content (AvgIpc) is 2.83. The summed E-state index contributed by atoms with van der Waals surface area (Å²) in [5, 5.41) is 3.40. The molecule has 0 bridgehead atoms. The molecule has 0 saturated carbocycles. The predicted octanol–water partition coefficient (Wildman–Crippen LogP) is 0.613. The molecular formula is C14H24N4O3. The Morgan fingerprint density at radius 2 is 2.00 bits per heavy atom. The van der Waals surface area contributed by atoms with E-state index >= 15 is 0 Å². The van der Waals surface area contributed by atoms with Crippen LogP contribution in [0.5, 0.6) is 0 Å². The lowest BCUT2D eigenvalue weighted by atomic mass is 10.00. The summed E-state index contributed by atoms with van der Waals surface area (Å²) in [5.41, 5.74) is 1.47. The molecule has 0 aromatic carbocycles. The van der Waals surface area contributed by atoms with Crippen molar-refractivity contribution in [2.24, 2.45) is 0 Å². The van der Waals surface area contributed by atoms with Gasteiger partial charge in [-0.15, -0.1) is 0 Å². The van der Waals surface area contributed by atoms with Gasteiger partial charge >= 0.3 is 6.03 Å². The second-order valence-electron chi connectivity index (χ2n) is 6.63. The number of imide groups is 1. The van der Waals surface area contributed by atoms with Crippen molar-refractivity contribution in [1.29, 1.82) is 0 Å². The highest BCUT2D eigenvalue weighted by atomic mass is 16.2. The van der Waals surface area contributed by atoms with Gasteiger partial charge in [0.2, 0.25) is 0 Å². The molecule has 2 rings (SSSR count). The molecule has 2 fully saturated rings. The highest BCUT2D eigenvalue weighted by molar-refractivity contribution is 6.07. The van der Waals surface area contributed by atoms with Crippen molar-refractivity contribution < 1.29 is 14.4 Å². The van der Waals surface area contributed by atoms with Gasteiger partial charge in [-0.1, -0.05) is 6.92 Å². The Labute approximate surface area is 125 Å². The Bertz CT molecular complexity index is 477. The van der Waals surface area contributed by atoms with Gasteiger partial charge in [0.15, 0.2) is 0 Å². The maximum absolute atomic E-state index is 12.2. The number of nitrogens with one attached hydrogen (secondary N) is 2. The lowest BCUT2D eigenvalue weighted by Gasteiger charge is -2.31. The molecule has 1 atom stereocenters. The molecule has 118 valence electrons. The second kappa shape index (κ2) is 5.29. The predicted molar refractivity (Wildman–Crippen MR) is 77.1 cm³/mol. The Morgan fingerprint density at radius 3 is 2.48 bits per heavy atom. The van der Waals surface area contributed by atoms with Crippen molar-refractivity contribution in [2.75, 3.05) is 13.1 Å². The number of rotatable bonds is 4. The van der Waals surface area contributed by atoms with Crippen molar-refractivity contribution in [3.63, 3.8) is 0 Å². The highest BCUT2D eigenvalue weighted by Crippen LogP contribution is 2.27. The molecule has 2 saturated heterocycles. The van der Waals surface area contributed by atoms with Crippen LogP contribution in [-0.4, -0.2) is 51.9 Å². The Morgan fingerprint density at radius 1 is 1.33 bits per heavy atom. The first-order valence-corrected chi connectivity index (χ1v) is 7.41. The second-order valence-corrected chi connectivity index (χ2v) is 6.63. The quantitative estimate of drug-likeness (QED) is 0.745. The zero-order valence-electron chi connectivity index (χ0n) is 13.2. The van der Waals surface area contributed by atoms with E-state index in [1.165, 1.54) is 0 Å². The summed E-state index contributed by atoms with van der Waals surface area (Å²) >= 11 is 0. The van der Waals surface area contributed by atoms with E-state index < -0.39 is 17.5 Å². The molecule has 0 unspecified atom stereocenters. The summed E-state index contributed by atoms with van der Waals surface area (Å²) in [4.78, 5) is 38.2. The van der Waals surface area contributed by atoms with Gasteiger partial charge < -0.3 is 5.32 Å². The van der Waals surface area contributed by atoms with Gasteiger partial charge in [-0.2, -0.15) is 5.01 Å². The summed E-state index contributed by atoms with van der Waals surface area (Å²) in [5.74, 6) is -0.752. The van der Waals surface area contributed by atoms with Gasteiger partial charge in [-0.25, -0.2) is 4.79 Å². The Balaban J connectivity index is 1.97. The van der Waals surface area contributed by atoms with E-state index in [0.29, 0.717) is 6.42 Å². The van der Waals surface area contributed by atoms with Crippen LogP contribution in [-0.2, 0) is 9.59 Å². The zero-order chi connectivity index (χ0) is 15.8. The fourth-order valence-corrected chi connectivity index (χ4v) is 2.82. The number of hydrogen-bond acceptors (Lipinski definition) is 4. The van der Waals surface area contributed by atoms with E-state index in [4.69, 9.17) is 0 Å². The molecule has 0 aromatic rings. The number of likely N-dealkylation sites (tertiary alicyclic amines) is 1. The van der Waals surface area contributed by atoms with Gasteiger partial charge in [0.1, 0.15) is 5.54 Å². The van der Waals surface area contributed by atoms with E-state index in [1.54, 1.807) is 6.92 Å². The fraction of sp³-hybridized carbons (Fsp3) is 0.786. The van der Waals surface area contributed by atoms with E-state index in [1.807, 2.05) is 6.92 Å². The van der Waals surface area contributed by atoms with Gasteiger partial charge in [0.05, 0.1) is 6.54 Å². The standard InChI is InChI=1S/C14H24N4O3/c1-5-14(4)11(20)18(12(21)15-14)16-10(19)9-17-8-6-7-13(17,2)3/h5-9H2,1-4H3,(H,15,21)(H,16,19)/t14-/m0/s1. The summed E-state index contributed by atoms with van der Waals surface area (Å²) in [6.07, 6.45) is 2.57. The molecule has 0 spiro atoms. The summed E-state index contributed by atoms with van der Waals surface area (Å²) < 4.78 is 0. The van der Waals surface area contributed by atoms with Crippen molar-refractivity contribution in [3.8, 4) is 0 Å². The third-order valence-corrected chi connectivity index (χ3v) is 4.61. The molecule has 0 aliphatic carbocycles. The molecule has 21 heavy (non-hydrogen) atoms. The van der Waals surface area contributed by atoms with Crippen LogP contribution in [0.1, 0.15) is 47.0 Å². The summed E-state index contributed by atoms with van der Waals surface area (Å²) in [6.45, 7) is 8.70. The van der Waals surface area contributed by atoms with Crippen LogP contribution in [0.15, 0.2) is 0 Å². The van der Waals surface area contributed by atoms with E-state index in [-0.39, 0.29) is 18.0 Å². The molecule has 0 radical (unpaired) electrons. The van der Waals surface area contributed by atoms with Crippen LogP contribution in [0.4, 0.5) is 4.79 Å². The SMILES string of the molecule is CC[C@]1(C)NC(=O)N(NC(=O)CN2CCCC2(C)C)C1=O.